The number of hydrogen-bond donors (Lipinski definition) is 0. The molecule has 0 bridgehead atoms. The van der Waals surface area contributed by atoms with Crippen LogP contribution in [-0.4, -0.2) is 23.9 Å². The van der Waals surface area contributed by atoms with Gasteiger partial charge in [0.15, 0.2) is 0 Å². The summed E-state index contributed by atoms with van der Waals surface area (Å²) >= 11 is 3.56. The number of carbonyl (C=O) groups is 1. The average molecular weight is 296 g/mol. The summed E-state index contributed by atoms with van der Waals surface area (Å²) in [5.41, 5.74) is 2.47. The van der Waals surface area contributed by atoms with E-state index in [2.05, 4.69) is 41.1 Å². The molecule has 2 nitrogen and oxygen atoms in total. The average Bonchev–Trinajstić information content (AvgIpc) is 2.81. The van der Waals surface area contributed by atoms with Crippen LogP contribution in [0, 0.1) is 6.92 Å². The van der Waals surface area contributed by atoms with Crippen molar-refractivity contribution in [2.75, 3.05) is 13.1 Å². The van der Waals surface area contributed by atoms with E-state index in [4.69, 9.17) is 0 Å². The van der Waals surface area contributed by atoms with E-state index >= 15 is 0 Å². The van der Waals surface area contributed by atoms with Gasteiger partial charge in [-0.3, -0.25) is 4.79 Å². The summed E-state index contributed by atoms with van der Waals surface area (Å²) in [5.74, 6) is 0.301. The number of halogens is 1. The lowest BCUT2D eigenvalue weighted by Gasteiger charge is -2.15. The molecule has 0 aromatic heterocycles. The highest BCUT2D eigenvalue weighted by Gasteiger charge is 2.17. The quantitative estimate of drug-likeness (QED) is 0.838. The van der Waals surface area contributed by atoms with Crippen molar-refractivity contribution >= 4 is 21.8 Å². The summed E-state index contributed by atoms with van der Waals surface area (Å²) in [4.78, 5) is 13.9. The molecule has 1 amide bonds. The maximum absolute atomic E-state index is 11.9. The first-order chi connectivity index (χ1) is 8.16. The molecule has 17 heavy (non-hydrogen) atoms. The summed E-state index contributed by atoms with van der Waals surface area (Å²) in [5, 5.41) is 0. The Morgan fingerprint density at radius 2 is 2.06 bits per heavy atom. The monoisotopic (exact) mass is 295 g/mol. The van der Waals surface area contributed by atoms with Crippen LogP contribution in [0.3, 0.4) is 0 Å². The molecule has 1 aromatic carbocycles. The Morgan fingerprint density at radius 1 is 1.35 bits per heavy atom. The van der Waals surface area contributed by atoms with Crippen molar-refractivity contribution in [3.8, 4) is 0 Å². The van der Waals surface area contributed by atoms with E-state index < -0.39 is 0 Å². The van der Waals surface area contributed by atoms with Crippen molar-refractivity contribution in [3.05, 3.63) is 33.8 Å². The molecule has 0 N–H and O–H groups in total. The van der Waals surface area contributed by atoms with Crippen LogP contribution in [0.1, 0.15) is 30.4 Å². The molecule has 0 spiro atoms. The fourth-order valence-corrected chi connectivity index (χ4v) is 2.91. The van der Waals surface area contributed by atoms with Crippen LogP contribution in [0.5, 0.6) is 0 Å². The number of benzene rings is 1. The van der Waals surface area contributed by atoms with Gasteiger partial charge in [-0.05, 0) is 43.4 Å². The van der Waals surface area contributed by atoms with E-state index in [1.165, 1.54) is 24.0 Å². The first-order valence-electron chi connectivity index (χ1n) is 6.19. The molecular formula is C14H18BrNO. The minimum absolute atomic E-state index is 0.301. The van der Waals surface area contributed by atoms with Crippen molar-refractivity contribution in [1.82, 2.24) is 4.90 Å². The van der Waals surface area contributed by atoms with Gasteiger partial charge < -0.3 is 4.90 Å². The standard InChI is InChI=1S/C14H18BrNO/c1-11-4-5-12(13(15)10-11)6-7-14(17)16-8-2-3-9-16/h4-5,10H,2-3,6-9H2,1H3. The van der Waals surface area contributed by atoms with Gasteiger partial charge in [-0.25, -0.2) is 0 Å². The van der Waals surface area contributed by atoms with E-state index in [-0.39, 0.29) is 0 Å². The third kappa shape index (κ3) is 3.32. The molecule has 1 heterocycles. The first-order valence-corrected chi connectivity index (χ1v) is 6.99. The largest absolute Gasteiger partial charge is 0.343 e. The molecule has 2 rings (SSSR count). The molecule has 1 saturated heterocycles. The van der Waals surface area contributed by atoms with Gasteiger partial charge in [0, 0.05) is 24.0 Å². The minimum Gasteiger partial charge on any atom is -0.343 e. The zero-order valence-electron chi connectivity index (χ0n) is 10.2. The smallest absolute Gasteiger partial charge is 0.222 e. The van der Waals surface area contributed by atoms with Crippen LogP contribution in [0.2, 0.25) is 0 Å². The fraction of sp³-hybridized carbons (Fsp3) is 0.500. The number of rotatable bonds is 3. The second-order valence-corrected chi connectivity index (χ2v) is 5.54. The summed E-state index contributed by atoms with van der Waals surface area (Å²) in [6, 6.07) is 6.31. The summed E-state index contributed by atoms with van der Waals surface area (Å²) in [6.07, 6.45) is 3.79. The Hall–Kier alpha value is -0.830. The van der Waals surface area contributed by atoms with Gasteiger partial charge in [0.25, 0.3) is 0 Å². The molecule has 1 fully saturated rings. The molecule has 0 saturated carbocycles. The fourth-order valence-electron chi connectivity index (χ4n) is 2.22. The molecule has 0 unspecified atom stereocenters. The number of amides is 1. The molecule has 3 heteroatoms. The number of nitrogens with zero attached hydrogens (tertiary/aromatic N) is 1. The third-order valence-corrected chi connectivity index (χ3v) is 4.01. The third-order valence-electron chi connectivity index (χ3n) is 3.28. The molecule has 0 radical (unpaired) electrons. The van der Waals surface area contributed by atoms with Crippen LogP contribution >= 0.6 is 15.9 Å². The van der Waals surface area contributed by atoms with E-state index in [0.29, 0.717) is 12.3 Å². The Morgan fingerprint density at radius 3 is 2.71 bits per heavy atom. The Labute approximate surface area is 111 Å². The zero-order valence-corrected chi connectivity index (χ0v) is 11.8. The van der Waals surface area contributed by atoms with Crippen LogP contribution in [0.15, 0.2) is 22.7 Å². The maximum Gasteiger partial charge on any atom is 0.222 e. The lowest BCUT2D eigenvalue weighted by atomic mass is 10.1. The number of carbonyl (C=O) groups excluding carboxylic acids is 1. The summed E-state index contributed by atoms with van der Waals surface area (Å²) in [6.45, 7) is 3.98. The van der Waals surface area contributed by atoms with Gasteiger partial charge in [0.2, 0.25) is 5.91 Å². The van der Waals surface area contributed by atoms with Gasteiger partial charge in [0.1, 0.15) is 0 Å². The molecule has 92 valence electrons. The van der Waals surface area contributed by atoms with Crippen molar-refractivity contribution in [1.29, 1.82) is 0 Å². The number of likely N-dealkylation sites (tertiary alicyclic amines) is 1. The van der Waals surface area contributed by atoms with Crippen LogP contribution in [-0.2, 0) is 11.2 Å². The van der Waals surface area contributed by atoms with E-state index in [0.717, 1.165) is 24.0 Å². The molecule has 0 atom stereocenters. The Bertz CT molecular complexity index is 411. The highest BCUT2D eigenvalue weighted by Crippen LogP contribution is 2.20. The van der Waals surface area contributed by atoms with Crippen LogP contribution < -0.4 is 0 Å². The highest BCUT2D eigenvalue weighted by molar-refractivity contribution is 9.10. The summed E-state index contributed by atoms with van der Waals surface area (Å²) < 4.78 is 1.12. The van der Waals surface area contributed by atoms with Gasteiger partial charge in [-0.2, -0.15) is 0 Å². The second kappa shape index (κ2) is 5.67. The SMILES string of the molecule is Cc1ccc(CCC(=O)N2CCCC2)c(Br)c1. The zero-order chi connectivity index (χ0) is 12.3. The topological polar surface area (TPSA) is 20.3 Å². The summed E-state index contributed by atoms with van der Waals surface area (Å²) in [7, 11) is 0. The molecule has 0 aliphatic carbocycles. The van der Waals surface area contributed by atoms with Crippen molar-refractivity contribution < 1.29 is 4.79 Å². The number of aryl methyl sites for hydroxylation is 2. The molecular weight excluding hydrogens is 278 g/mol. The molecule has 1 aliphatic heterocycles. The van der Waals surface area contributed by atoms with Crippen molar-refractivity contribution in [3.63, 3.8) is 0 Å². The van der Waals surface area contributed by atoms with Gasteiger partial charge in [0.05, 0.1) is 0 Å². The predicted octanol–water partition coefficient (Wildman–Crippen LogP) is 3.31. The Balaban J connectivity index is 1.90. The number of hydrogen-bond acceptors (Lipinski definition) is 1. The molecule has 1 aliphatic rings. The highest BCUT2D eigenvalue weighted by atomic mass is 79.9. The van der Waals surface area contributed by atoms with Crippen molar-refractivity contribution in [2.24, 2.45) is 0 Å². The van der Waals surface area contributed by atoms with Crippen molar-refractivity contribution in [2.45, 2.75) is 32.6 Å². The van der Waals surface area contributed by atoms with E-state index in [1.807, 2.05) is 4.90 Å². The van der Waals surface area contributed by atoms with Crippen LogP contribution in [0.4, 0.5) is 0 Å². The van der Waals surface area contributed by atoms with Gasteiger partial charge in [-0.1, -0.05) is 28.1 Å². The Kier molecular flexibility index (Phi) is 4.21. The normalized spacial score (nSPS) is 15.3. The maximum atomic E-state index is 11.9. The lowest BCUT2D eigenvalue weighted by molar-refractivity contribution is -0.130. The van der Waals surface area contributed by atoms with Gasteiger partial charge in [-0.15, -0.1) is 0 Å². The van der Waals surface area contributed by atoms with Gasteiger partial charge >= 0.3 is 0 Å². The van der Waals surface area contributed by atoms with E-state index in [9.17, 15) is 4.79 Å². The predicted molar refractivity (Wildman–Crippen MR) is 73.0 cm³/mol. The second-order valence-electron chi connectivity index (χ2n) is 4.68. The minimum atomic E-state index is 0.301. The lowest BCUT2D eigenvalue weighted by Crippen LogP contribution is -2.27. The first kappa shape index (κ1) is 12.6. The van der Waals surface area contributed by atoms with Crippen LogP contribution in [0.25, 0.3) is 0 Å². The van der Waals surface area contributed by atoms with E-state index in [1.54, 1.807) is 0 Å². The molecule has 1 aromatic rings.